The molecule has 0 heterocycles. The van der Waals surface area contributed by atoms with Crippen molar-refractivity contribution in [1.82, 2.24) is 5.32 Å². The first-order valence-electron chi connectivity index (χ1n) is 12.9. The van der Waals surface area contributed by atoms with Crippen LogP contribution in [0.2, 0.25) is 0 Å². The van der Waals surface area contributed by atoms with Gasteiger partial charge < -0.3 is 49.3 Å². The minimum Gasteiger partial charge on any atom is -0.388 e. The Morgan fingerprint density at radius 2 is 1.08 bits per heavy atom. The third kappa shape index (κ3) is 91.6. The van der Waals surface area contributed by atoms with E-state index in [4.69, 9.17) is 11.5 Å². The van der Waals surface area contributed by atoms with E-state index in [-0.39, 0.29) is 77.1 Å². The van der Waals surface area contributed by atoms with Gasteiger partial charge in [-0.25, -0.2) is 0 Å². The van der Waals surface area contributed by atoms with Crippen molar-refractivity contribution in [1.29, 1.82) is 0 Å². The van der Waals surface area contributed by atoms with Gasteiger partial charge in [-0.3, -0.25) is 4.79 Å². The number of ketones is 1. The van der Waals surface area contributed by atoms with Crippen LogP contribution in [0.25, 0.3) is 0 Å². The molecule has 1 amide bonds. The van der Waals surface area contributed by atoms with E-state index in [1.54, 1.807) is 0 Å². The topological polar surface area (TPSA) is 98.2 Å². The summed E-state index contributed by atoms with van der Waals surface area (Å²) in [5.74, 6) is 0.0972. The Morgan fingerprint density at radius 3 is 1.28 bits per heavy atom. The number of Topliss-reactive ketones (excluding diaryl/α,β-unsaturated/α-hetero) is 1. The molecule has 0 aromatic carbocycles. The molecule has 5 nitrogen and oxygen atoms in total. The van der Waals surface area contributed by atoms with Crippen LogP contribution in [-0.2, 0) is 75.0 Å². The Hall–Kier alpha value is 1.27. The molecule has 0 spiro atoms. The van der Waals surface area contributed by atoms with Gasteiger partial charge in [-0.05, 0) is 43.6 Å². The summed E-state index contributed by atoms with van der Waals surface area (Å²) in [6.07, 6.45) is 11.5. The summed E-state index contributed by atoms with van der Waals surface area (Å²) in [5, 5.41) is 2.48. The van der Waals surface area contributed by atoms with Crippen molar-refractivity contribution in [3.05, 3.63) is 27.7 Å². The average Bonchev–Trinajstić information content (AvgIpc) is 2.72. The van der Waals surface area contributed by atoms with Crippen molar-refractivity contribution < 1.29 is 75.0 Å². The van der Waals surface area contributed by atoms with Crippen LogP contribution in [0.5, 0.6) is 0 Å². The molecule has 0 atom stereocenters. The van der Waals surface area contributed by atoms with E-state index in [1.807, 2.05) is 0 Å². The summed E-state index contributed by atoms with van der Waals surface area (Å²) in [7, 11) is 0. The number of nitrogens with one attached hydrogen (secondary N) is 1. The fourth-order valence-corrected chi connectivity index (χ4v) is 2.11. The number of rotatable bonds is 10. The van der Waals surface area contributed by atoms with Gasteiger partial charge in [0, 0.05) is 65.4 Å². The summed E-state index contributed by atoms with van der Waals surface area (Å²) in [6.45, 7) is 32.7. The normalized spacial score (nSPS) is 9.50. The van der Waals surface area contributed by atoms with Gasteiger partial charge in [0.1, 0.15) is 0 Å². The monoisotopic (exact) mass is 663 g/mol. The Labute approximate surface area is 278 Å². The van der Waals surface area contributed by atoms with E-state index >= 15 is 0 Å². The van der Waals surface area contributed by atoms with Gasteiger partial charge in [0.2, 0.25) is 0 Å². The summed E-state index contributed by atoms with van der Waals surface area (Å²) in [6, 6.07) is 0. The second-order valence-corrected chi connectivity index (χ2v) is 10.5. The van der Waals surface area contributed by atoms with Crippen molar-refractivity contribution in [2.75, 3.05) is 19.6 Å². The van der Waals surface area contributed by atoms with Crippen LogP contribution in [0.15, 0.2) is 0 Å². The summed E-state index contributed by atoms with van der Waals surface area (Å²) >= 11 is 0. The zero-order chi connectivity index (χ0) is 28.1. The molecule has 0 bridgehead atoms. The average molecular weight is 664 g/mol. The first kappa shape index (κ1) is 53.5. The van der Waals surface area contributed by atoms with Gasteiger partial charge in [-0.2, -0.15) is 0 Å². The van der Waals surface area contributed by atoms with Crippen LogP contribution >= 0.6 is 0 Å². The second kappa shape index (κ2) is 40.8. The molecule has 0 aliphatic carbocycles. The third-order valence-corrected chi connectivity index (χ3v) is 4.06. The fourth-order valence-electron chi connectivity index (χ4n) is 2.11. The Kier molecular flexibility index (Phi) is 60.6. The Bertz CT molecular complexity index is 408. The van der Waals surface area contributed by atoms with Crippen LogP contribution in [0.4, 0.5) is 0 Å². The van der Waals surface area contributed by atoms with E-state index in [0.29, 0.717) is 36.8 Å². The van der Waals surface area contributed by atoms with E-state index in [9.17, 15) is 9.59 Å². The maximum absolute atomic E-state index is 10.2. The predicted octanol–water partition coefficient (Wildman–Crippen LogP) is 6.90. The number of hydrogen-bond acceptors (Lipinski definition) is 4. The first-order valence-corrected chi connectivity index (χ1v) is 12.9. The number of hydrogen-bond donors (Lipinski definition) is 3. The van der Waals surface area contributed by atoms with E-state index in [1.165, 1.54) is 58.3 Å². The molecule has 5 N–H and O–H groups in total. The van der Waals surface area contributed by atoms with Crippen molar-refractivity contribution in [2.24, 2.45) is 22.3 Å². The quantitative estimate of drug-likeness (QED) is 0.175. The molecule has 0 fully saturated rings. The number of amides is 1. The molecule has 0 aromatic heterocycles. The molecule has 7 heteroatoms. The molecule has 36 heavy (non-hydrogen) atoms. The summed E-state index contributed by atoms with van der Waals surface area (Å²) in [5.41, 5.74) is 11.1. The van der Waals surface area contributed by atoms with Crippen molar-refractivity contribution in [2.45, 2.75) is 120 Å². The maximum Gasteiger partial charge on any atom is 0.187 e. The predicted molar refractivity (Wildman–Crippen MR) is 154 cm³/mol. The molecular weight excluding hydrogens is 600 g/mol. The number of carbonyl (C=O) groups excluding carboxylic acids is 2. The molecule has 0 rings (SSSR count). The second-order valence-electron chi connectivity index (χ2n) is 10.5. The largest absolute Gasteiger partial charge is 0.388 e. The number of nitrogens with two attached hydrogens (primary N) is 2. The van der Waals surface area contributed by atoms with Crippen molar-refractivity contribution in [3.63, 3.8) is 0 Å². The van der Waals surface area contributed by atoms with Gasteiger partial charge >= 0.3 is 0 Å². The molecular formula is C29H63N3O2Y2-4. The van der Waals surface area contributed by atoms with Crippen LogP contribution in [0.1, 0.15) is 120 Å². The standard InChI is InChI=1S/C10H22.C8H19N.C5H9NO.C4H7O.C2H6N.2Y/c1-5-6-7-8-9-10(2,3)4;1-8(2,3)6-4-5-7-9;1-3-5(7)6-4-2;1-3-4(2)5;1-2-3;;/h5-9H2,1-4H3;4-7,9H2,1-3H3;1-4H2,(H,6,7);1,3H2,2H3;1-3H2;;/q;;-2;2*-1;;. The molecule has 0 aliphatic heterocycles. The molecule has 0 aliphatic rings. The van der Waals surface area contributed by atoms with E-state index in [0.717, 1.165) is 6.54 Å². The van der Waals surface area contributed by atoms with Gasteiger partial charge in [-0.15, -0.1) is 25.9 Å². The third-order valence-electron chi connectivity index (χ3n) is 4.06. The van der Waals surface area contributed by atoms with Gasteiger partial charge in [0.05, 0.1) is 5.78 Å². The molecule has 2 radical (unpaired) electrons. The van der Waals surface area contributed by atoms with Crippen LogP contribution in [0.3, 0.4) is 0 Å². The van der Waals surface area contributed by atoms with E-state index in [2.05, 4.69) is 81.5 Å². The number of carbonyl (C=O) groups is 2. The SMILES string of the molecule is CC(C)(C)CCCCN.CCCCCCC(C)(C)C.[CH2-]CC(C)=O.[CH2-]CN.[CH2-]CNC(=O)C[CH2-].[Y].[Y]. The van der Waals surface area contributed by atoms with Gasteiger partial charge in [0.15, 0.2) is 5.91 Å². The van der Waals surface area contributed by atoms with Crippen LogP contribution in [0, 0.1) is 38.5 Å². The summed E-state index contributed by atoms with van der Waals surface area (Å²) in [4.78, 5) is 19.9. The molecule has 0 unspecified atom stereocenters. The van der Waals surface area contributed by atoms with Gasteiger partial charge in [0.25, 0.3) is 0 Å². The minimum atomic E-state index is -0.0463. The first-order chi connectivity index (χ1) is 15.6. The molecule has 0 aromatic rings. The van der Waals surface area contributed by atoms with Crippen molar-refractivity contribution >= 4 is 11.7 Å². The Morgan fingerprint density at radius 1 is 0.722 bits per heavy atom. The van der Waals surface area contributed by atoms with Crippen LogP contribution < -0.4 is 16.8 Å². The molecule has 216 valence electrons. The molecule has 0 saturated heterocycles. The zero-order valence-electron chi connectivity index (χ0n) is 25.6. The Balaban J connectivity index is -0.0000000603. The van der Waals surface area contributed by atoms with Gasteiger partial charge in [-0.1, -0.05) is 80.6 Å². The van der Waals surface area contributed by atoms with Crippen molar-refractivity contribution in [3.8, 4) is 0 Å². The smallest absolute Gasteiger partial charge is 0.187 e. The fraction of sp³-hybridized carbons (Fsp3) is 0.793. The molecule has 0 saturated carbocycles. The minimum absolute atomic E-state index is 0. The maximum atomic E-state index is 10.2. The summed E-state index contributed by atoms with van der Waals surface area (Å²) < 4.78 is 0. The number of unbranched alkanes of at least 4 members (excludes halogenated alkanes) is 4. The van der Waals surface area contributed by atoms with Crippen LogP contribution in [-0.4, -0.2) is 31.3 Å². The zero-order valence-corrected chi connectivity index (χ0v) is 31.3. The van der Waals surface area contributed by atoms with E-state index < -0.39 is 0 Å².